The number of fused-ring (bicyclic) bond motifs is 2. The van der Waals surface area contributed by atoms with Crippen LogP contribution in [0.2, 0.25) is 10.0 Å². The fraction of sp³-hybridized carbons (Fsp3) is 0.200. The molecule has 2 N–H and O–H groups in total. The summed E-state index contributed by atoms with van der Waals surface area (Å²) in [4.78, 5) is 57.1. The molecule has 6 rings (SSSR count). The first-order valence-corrected chi connectivity index (χ1v) is 16.6. The molecule has 1 fully saturated rings. The number of benzene rings is 3. The van der Waals surface area contributed by atoms with Crippen LogP contribution in [0.3, 0.4) is 0 Å². The van der Waals surface area contributed by atoms with Crippen LogP contribution >= 0.6 is 62.2 Å². The van der Waals surface area contributed by atoms with Crippen molar-refractivity contribution in [3.05, 3.63) is 95.3 Å². The molecule has 2 aliphatic rings. The second-order valence-corrected chi connectivity index (χ2v) is 13.7. The molecule has 14 heteroatoms. The Bertz CT molecular complexity index is 1850. The summed E-state index contributed by atoms with van der Waals surface area (Å²) in [7, 11) is 0. The van der Waals surface area contributed by atoms with Gasteiger partial charge in [0.1, 0.15) is 5.25 Å². The molecule has 0 saturated carbocycles. The van der Waals surface area contributed by atoms with Gasteiger partial charge in [-0.2, -0.15) is 0 Å². The lowest BCUT2D eigenvalue weighted by Crippen LogP contribution is -2.32. The summed E-state index contributed by atoms with van der Waals surface area (Å²) < 4.78 is 12.5. The van der Waals surface area contributed by atoms with Crippen molar-refractivity contribution < 1.29 is 23.9 Å². The van der Waals surface area contributed by atoms with Gasteiger partial charge in [0.25, 0.3) is 5.91 Å². The van der Waals surface area contributed by atoms with E-state index in [1.54, 1.807) is 54.6 Å². The highest BCUT2D eigenvalue weighted by Crippen LogP contribution is 2.53. The van der Waals surface area contributed by atoms with Gasteiger partial charge in [-0.3, -0.25) is 19.2 Å². The second-order valence-electron chi connectivity index (χ2n) is 9.84. The lowest BCUT2D eigenvalue weighted by Gasteiger charge is -2.30. The van der Waals surface area contributed by atoms with Gasteiger partial charge in [-0.15, -0.1) is 0 Å². The molecule has 1 aromatic heterocycles. The number of H-pyrrole nitrogens is 1. The van der Waals surface area contributed by atoms with E-state index in [1.807, 2.05) is 6.92 Å². The first-order chi connectivity index (χ1) is 21.1. The molecule has 0 bridgehead atoms. The Balaban J connectivity index is 1.30. The predicted molar refractivity (Wildman–Crippen MR) is 175 cm³/mol. The number of carbonyl (C=O) groups is 3. The van der Waals surface area contributed by atoms with Crippen LogP contribution in [-0.4, -0.2) is 41.2 Å². The van der Waals surface area contributed by atoms with E-state index in [1.165, 1.54) is 22.7 Å². The number of aromatic amines is 1. The Morgan fingerprint density at radius 2 is 1.75 bits per heavy atom. The van der Waals surface area contributed by atoms with E-state index in [2.05, 4.69) is 26.2 Å². The molecule has 3 amide bonds. The average Bonchev–Trinajstić information content (AvgIpc) is 3.49. The topological polar surface area (TPSA) is 118 Å². The average molecular weight is 735 g/mol. The Morgan fingerprint density at radius 1 is 0.977 bits per heavy atom. The molecule has 226 valence electrons. The van der Waals surface area contributed by atoms with Crippen LogP contribution in [-0.2, 0) is 14.4 Å². The summed E-state index contributed by atoms with van der Waals surface area (Å²) in [5.74, 6) is -1.79. The highest BCUT2D eigenvalue weighted by molar-refractivity contribution is 9.10. The molecule has 3 heterocycles. The van der Waals surface area contributed by atoms with Crippen molar-refractivity contribution in [3.63, 3.8) is 0 Å². The predicted octanol–water partition coefficient (Wildman–Crippen LogP) is 6.72. The number of nitrogens with one attached hydrogen (secondary N) is 2. The summed E-state index contributed by atoms with van der Waals surface area (Å²) >= 11 is 17.6. The van der Waals surface area contributed by atoms with Crippen LogP contribution in [0.5, 0.6) is 11.5 Å². The zero-order valence-electron chi connectivity index (χ0n) is 22.8. The van der Waals surface area contributed by atoms with Crippen LogP contribution in [0.25, 0.3) is 0 Å². The van der Waals surface area contributed by atoms with Gasteiger partial charge in [0, 0.05) is 21.0 Å². The number of nitrogens with zero attached hydrogens (tertiary/aromatic N) is 1. The molecule has 0 radical (unpaired) electrons. The van der Waals surface area contributed by atoms with E-state index in [-0.39, 0.29) is 23.3 Å². The molecule has 3 aromatic carbocycles. The highest BCUT2D eigenvalue weighted by Gasteiger charge is 2.56. The minimum absolute atomic E-state index is 0.268. The number of imide groups is 1. The molecule has 44 heavy (non-hydrogen) atoms. The van der Waals surface area contributed by atoms with Crippen molar-refractivity contribution in [1.82, 2.24) is 4.98 Å². The molecule has 9 nitrogen and oxygen atoms in total. The van der Waals surface area contributed by atoms with Gasteiger partial charge < -0.3 is 19.8 Å². The summed E-state index contributed by atoms with van der Waals surface area (Å²) in [5.41, 5.74) is 1.62. The van der Waals surface area contributed by atoms with Crippen molar-refractivity contribution >= 4 is 91.3 Å². The quantitative estimate of drug-likeness (QED) is 0.193. The summed E-state index contributed by atoms with van der Waals surface area (Å²) in [6.45, 7) is 1.80. The number of aromatic nitrogens is 1. The van der Waals surface area contributed by atoms with Gasteiger partial charge in [-0.1, -0.05) is 68.3 Å². The number of rotatable bonds is 8. The highest BCUT2D eigenvalue weighted by atomic mass is 79.9. The molecule has 2 aliphatic heterocycles. The maximum atomic E-state index is 14.0. The van der Waals surface area contributed by atoms with Crippen molar-refractivity contribution in [2.24, 2.45) is 5.92 Å². The van der Waals surface area contributed by atoms with Gasteiger partial charge >= 0.3 is 4.87 Å². The fourth-order valence-corrected chi connectivity index (χ4v) is 8.32. The van der Waals surface area contributed by atoms with Crippen molar-refractivity contribution in [2.45, 2.75) is 23.1 Å². The standard InChI is InChI=1S/C30H22BrCl2N3O6S2/c1-2-41-21-11-14(3-10-20(21)42-13-22(37)34-16-6-9-18(32)19(33)12-16)23-24-26(43-27-25(23)44-30(40)35-27)29(39)36(28(24)38)17-7-4-15(31)5-8-17/h3-12,23-24,26H,2,13H2,1H3,(H,34,37)(H,35,40). The van der Waals surface area contributed by atoms with E-state index >= 15 is 0 Å². The van der Waals surface area contributed by atoms with E-state index in [9.17, 15) is 19.2 Å². The van der Waals surface area contributed by atoms with Crippen LogP contribution in [0.4, 0.5) is 11.4 Å². The summed E-state index contributed by atoms with van der Waals surface area (Å²) in [5, 5.41) is 3.22. The van der Waals surface area contributed by atoms with Crippen LogP contribution in [0, 0.1) is 5.92 Å². The normalized spacial score (nSPS) is 19.0. The Labute approximate surface area is 278 Å². The third-order valence-electron chi connectivity index (χ3n) is 7.10. The largest absolute Gasteiger partial charge is 0.490 e. The van der Waals surface area contributed by atoms with Gasteiger partial charge in [-0.25, -0.2) is 4.90 Å². The number of carbonyl (C=O) groups excluding carboxylic acids is 3. The lowest BCUT2D eigenvalue weighted by molar-refractivity contribution is -0.122. The number of hydrogen-bond acceptors (Lipinski definition) is 8. The number of thioether (sulfide) groups is 1. The van der Waals surface area contributed by atoms with E-state index in [4.69, 9.17) is 32.7 Å². The lowest BCUT2D eigenvalue weighted by atomic mass is 9.83. The number of amides is 3. The Morgan fingerprint density at radius 3 is 2.48 bits per heavy atom. The first kappa shape index (κ1) is 30.7. The van der Waals surface area contributed by atoms with Crippen LogP contribution < -0.4 is 24.6 Å². The maximum absolute atomic E-state index is 14.0. The molecule has 3 unspecified atom stereocenters. The summed E-state index contributed by atoms with van der Waals surface area (Å²) in [6, 6.07) is 16.9. The van der Waals surface area contributed by atoms with Gasteiger partial charge in [-0.05, 0) is 67.1 Å². The number of anilines is 2. The second kappa shape index (κ2) is 12.6. The maximum Gasteiger partial charge on any atom is 0.305 e. The van der Waals surface area contributed by atoms with Gasteiger partial charge in [0.2, 0.25) is 11.8 Å². The van der Waals surface area contributed by atoms with Crippen molar-refractivity contribution in [2.75, 3.05) is 23.4 Å². The third-order valence-corrected chi connectivity index (χ3v) is 10.8. The van der Waals surface area contributed by atoms with E-state index < -0.39 is 23.0 Å². The first-order valence-electron chi connectivity index (χ1n) is 13.3. The van der Waals surface area contributed by atoms with Crippen LogP contribution in [0.15, 0.2) is 75.0 Å². The minimum Gasteiger partial charge on any atom is -0.490 e. The monoisotopic (exact) mass is 733 g/mol. The van der Waals surface area contributed by atoms with Crippen LogP contribution in [0.1, 0.15) is 23.3 Å². The van der Waals surface area contributed by atoms with Crippen molar-refractivity contribution in [1.29, 1.82) is 0 Å². The van der Waals surface area contributed by atoms with Crippen molar-refractivity contribution in [3.8, 4) is 11.5 Å². The number of halogens is 3. The van der Waals surface area contributed by atoms with E-state index in [0.717, 1.165) is 15.8 Å². The van der Waals surface area contributed by atoms with Gasteiger partial charge in [0.15, 0.2) is 18.1 Å². The molecular formula is C30H22BrCl2N3O6S2. The Kier molecular flexibility index (Phi) is 8.80. The third kappa shape index (κ3) is 5.89. The Hall–Kier alpha value is -3.29. The smallest absolute Gasteiger partial charge is 0.305 e. The summed E-state index contributed by atoms with van der Waals surface area (Å²) in [6.07, 6.45) is 0. The molecular weight excluding hydrogens is 713 g/mol. The van der Waals surface area contributed by atoms with Gasteiger partial charge in [0.05, 0.1) is 33.3 Å². The molecule has 3 atom stereocenters. The number of thiazole rings is 1. The zero-order valence-corrected chi connectivity index (χ0v) is 27.5. The minimum atomic E-state index is -0.756. The molecule has 0 spiro atoms. The van der Waals surface area contributed by atoms with E-state index in [0.29, 0.717) is 55.0 Å². The number of ether oxygens (including phenoxy) is 2. The molecule has 4 aromatic rings. The SMILES string of the molecule is CCOc1cc(C2c3sc(=O)[nH]c3SC3C(=O)N(c4ccc(Br)cc4)C(=O)C32)ccc1OCC(=O)Nc1ccc(Cl)c(Cl)c1. The zero-order chi connectivity index (χ0) is 31.1. The molecule has 1 saturated heterocycles. The fourth-order valence-electron chi connectivity index (χ4n) is 5.24. The molecule has 0 aliphatic carbocycles. The number of hydrogen-bond donors (Lipinski definition) is 2.